The number of halogens is 3. The molecule has 0 aliphatic rings. The molecule has 1 heterocycles. The quantitative estimate of drug-likeness (QED) is 0.239. The maximum Gasteiger partial charge on any atom is 0.418 e. The van der Waals surface area contributed by atoms with Crippen molar-refractivity contribution in [2.24, 2.45) is 0 Å². The first-order chi connectivity index (χ1) is 15.8. The van der Waals surface area contributed by atoms with E-state index in [2.05, 4.69) is 4.98 Å². The molecule has 4 rings (SSSR count). The van der Waals surface area contributed by atoms with Gasteiger partial charge >= 0.3 is 12.1 Å². The van der Waals surface area contributed by atoms with Crippen LogP contribution in [0.25, 0.3) is 22.0 Å². The number of ether oxygens (including phenoxy) is 2. The number of esters is 1. The Morgan fingerprint density at radius 2 is 1.70 bits per heavy atom. The van der Waals surface area contributed by atoms with E-state index in [0.717, 1.165) is 17.2 Å². The number of rotatable bonds is 6. The Morgan fingerprint density at radius 1 is 0.939 bits per heavy atom. The van der Waals surface area contributed by atoms with Crippen LogP contribution in [0.2, 0.25) is 0 Å². The Bertz CT molecular complexity index is 1280. The number of hydrogen-bond acceptors (Lipinski definition) is 4. The zero-order valence-electron chi connectivity index (χ0n) is 17.7. The Balaban J connectivity index is 1.55. The summed E-state index contributed by atoms with van der Waals surface area (Å²) < 4.78 is 51.2. The second-order valence-corrected chi connectivity index (χ2v) is 7.35. The molecular formula is C26H20F3NO3. The van der Waals surface area contributed by atoms with Crippen molar-refractivity contribution in [1.82, 2.24) is 4.98 Å². The minimum Gasteiger partial charge on any atom is -0.489 e. The molecule has 7 heteroatoms. The molecular weight excluding hydrogens is 431 g/mol. The number of aromatic nitrogens is 1. The number of fused-ring (bicyclic) bond motifs is 1. The van der Waals surface area contributed by atoms with Crippen LogP contribution < -0.4 is 9.47 Å². The first kappa shape index (κ1) is 22.3. The van der Waals surface area contributed by atoms with Crippen molar-refractivity contribution in [3.8, 4) is 22.6 Å². The third-order valence-electron chi connectivity index (χ3n) is 5.07. The molecule has 0 radical (unpaired) electrons. The van der Waals surface area contributed by atoms with Crippen LogP contribution in [0.1, 0.15) is 24.5 Å². The van der Waals surface area contributed by atoms with Crippen LogP contribution in [0.3, 0.4) is 0 Å². The zero-order chi connectivity index (χ0) is 23.4. The fourth-order valence-corrected chi connectivity index (χ4v) is 3.43. The molecule has 0 atom stereocenters. The van der Waals surface area contributed by atoms with E-state index in [0.29, 0.717) is 28.9 Å². The van der Waals surface area contributed by atoms with Crippen LogP contribution in [0.4, 0.5) is 13.2 Å². The van der Waals surface area contributed by atoms with Gasteiger partial charge in [0.1, 0.15) is 18.1 Å². The number of alkyl halides is 3. The second kappa shape index (κ2) is 9.32. The topological polar surface area (TPSA) is 48.4 Å². The predicted molar refractivity (Wildman–Crippen MR) is 119 cm³/mol. The van der Waals surface area contributed by atoms with E-state index >= 15 is 0 Å². The lowest BCUT2D eigenvalue weighted by atomic mass is 9.99. The van der Waals surface area contributed by atoms with Crippen LogP contribution in [0, 0.1) is 0 Å². The van der Waals surface area contributed by atoms with Crippen molar-refractivity contribution in [3.63, 3.8) is 0 Å². The van der Waals surface area contributed by atoms with Gasteiger partial charge in [-0.2, -0.15) is 13.2 Å². The van der Waals surface area contributed by atoms with Crippen LogP contribution in [-0.2, 0) is 17.6 Å². The maximum atomic E-state index is 13.4. The first-order valence-electron chi connectivity index (χ1n) is 10.3. The fraction of sp³-hybridized carbons (Fsp3) is 0.154. The summed E-state index contributed by atoms with van der Waals surface area (Å²) in [6.07, 6.45) is -2.81. The van der Waals surface area contributed by atoms with E-state index in [4.69, 9.17) is 9.47 Å². The SMILES string of the molecule is CCC(=O)Oc1ccc(COc2cccc(-c3ccnc4c(C(F)(F)F)cccc34)c2)cc1. The normalized spacial score (nSPS) is 11.4. The number of pyridine rings is 1. The molecule has 0 bridgehead atoms. The molecule has 4 aromatic rings. The number of hydrogen-bond donors (Lipinski definition) is 0. The molecule has 168 valence electrons. The molecule has 0 unspecified atom stereocenters. The van der Waals surface area contributed by atoms with Gasteiger partial charge in [-0.1, -0.05) is 43.3 Å². The van der Waals surface area contributed by atoms with E-state index in [-0.39, 0.29) is 18.1 Å². The minimum absolute atomic E-state index is 0.0855. The summed E-state index contributed by atoms with van der Waals surface area (Å²) in [5.41, 5.74) is 1.39. The number of carbonyl (C=O) groups excluding carboxylic acids is 1. The van der Waals surface area contributed by atoms with Gasteiger partial charge in [0.05, 0.1) is 11.1 Å². The third kappa shape index (κ3) is 5.14. The van der Waals surface area contributed by atoms with Crippen molar-refractivity contribution in [1.29, 1.82) is 0 Å². The third-order valence-corrected chi connectivity index (χ3v) is 5.07. The lowest BCUT2D eigenvalue weighted by Crippen LogP contribution is -2.06. The molecule has 4 nitrogen and oxygen atoms in total. The monoisotopic (exact) mass is 451 g/mol. The van der Waals surface area contributed by atoms with E-state index in [1.807, 2.05) is 6.07 Å². The summed E-state index contributed by atoms with van der Waals surface area (Å²) >= 11 is 0. The van der Waals surface area contributed by atoms with Crippen molar-refractivity contribution >= 4 is 16.9 Å². The Kier molecular flexibility index (Phi) is 6.31. The van der Waals surface area contributed by atoms with Gasteiger partial charge in [0, 0.05) is 18.0 Å². The fourth-order valence-electron chi connectivity index (χ4n) is 3.43. The summed E-state index contributed by atoms with van der Waals surface area (Å²) in [5, 5.41) is 0.418. The van der Waals surface area contributed by atoms with Crippen LogP contribution in [-0.4, -0.2) is 11.0 Å². The molecule has 0 N–H and O–H groups in total. The highest BCUT2D eigenvalue weighted by Crippen LogP contribution is 2.37. The van der Waals surface area contributed by atoms with Gasteiger partial charge < -0.3 is 9.47 Å². The molecule has 0 saturated heterocycles. The van der Waals surface area contributed by atoms with Gasteiger partial charge in [-0.05, 0) is 53.1 Å². The highest BCUT2D eigenvalue weighted by molar-refractivity contribution is 5.96. The highest BCUT2D eigenvalue weighted by Gasteiger charge is 2.33. The van der Waals surface area contributed by atoms with E-state index in [9.17, 15) is 18.0 Å². The van der Waals surface area contributed by atoms with Crippen molar-refractivity contribution in [2.45, 2.75) is 26.1 Å². The molecule has 0 amide bonds. The van der Waals surface area contributed by atoms with Gasteiger partial charge in [-0.15, -0.1) is 0 Å². The summed E-state index contributed by atoms with van der Waals surface area (Å²) in [4.78, 5) is 15.3. The molecule has 33 heavy (non-hydrogen) atoms. The number of nitrogens with zero attached hydrogens (tertiary/aromatic N) is 1. The average molecular weight is 451 g/mol. The summed E-state index contributed by atoms with van der Waals surface area (Å²) in [5.74, 6) is 0.739. The zero-order valence-corrected chi connectivity index (χ0v) is 17.7. The van der Waals surface area contributed by atoms with E-state index in [1.165, 1.54) is 12.3 Å². The molecule has 0 aliphatic heterocycles. The molecule has 0 spiro atoms. The standard InChI is InChI=1S/C26H20F3NO3/c1-2-24(31)33-19-11-9-17(10-12-19)16-32-20-6-3-5-18(15-20)21-13-14-30-25-22(21)7-4-8-23(25)26(27,28)29/h3-15H,2,16H2,1H3. The molecule has 0 saturated carbocycles. The van der Waals surface area contributed by atoms with Crippen LogP contribution in [0.5, 0.6) is 11.5 Å². The van der Waals surface area contributed by atoms with Gasteiger partial charge in [-0.25, -0.2) is 0 Å². The van der Waals surface area contributed by atoms with Crippen molar-refractivity contribution in [2.75, 3.05) is 0 Å². The van der Waals surface area contributed by atoms with Gasteiger partial charge in [-0.3, -0.25) is 9.78 Å². The molecule has 1 aromatic heterocycles. The van der Waals surface area contributed by atoms with Crippen LogP contribution in [0.15, 0.2) is 79.0 Å². The van der Waals surface area contributed by atoms with Gasteiger partial charge in [0.25, 0.3) is 0 Å². The largest absolute Gasteiger partial charge is 0.489 e. The summed E-state index contributed by atoms with van der Waals surface area (Å²) in [6.45, 7) is 2.00. The minimum atomic E-state index is -4.49. The predicted octanol–water partition coefficient (Wildman–Crippen LogP) is 6.82. The summed E-state index contributed by atoms with van der Waals surface area (Å²) in [7, 11) is 0. The number of benzene rings is 3. The molecule has 0 fully saturated rings. The molecule has 0 aliphatic carbocycles. The number of carbonyl (C=O) groups is 1. The Labute approximate surface area is 188 Å². The second-order valence-electron chi connectivity index (χ2n) is 7.35. The smallest absolute Gasteiger partial charge is 0.418 e. The lowest BCUT2D eigenvalue weighted by molar-refractivity contribution is -0.136. The molecule has 3 aromatic carbocycles. The Morgan fingerprint density at radius 3 is 2.42 bits per heavy atom. The number of para-hydroxylation sites is 1. The first-order valence-corrected chi connectivity index (χ1v) is 10.3. The lowest BCUT2D eigenvalue weighted by Gasteiger charge is -2.13. The van der Waals surface area contributed by atoms with E-state index in [1.54, 1.807) is 61.5 Å². The van der Waals surface area contributed by atoms with Crippen molar-refractivity contribution in [3.05, 3.63) is 90.1 Å². The highest BCUT2D eigenvalue weighted by atomic mass is 19.4. The van der Waals surface area contributed by atoms with Crippen LogP contribution >= 0.6 is 0 Å². The van der Waals surface area contributed by atoms with Gasteiger partial charge in [0.15, 0.2) is 0 Å². The Hall–Kier alpha value is -3.87. The van der Waals surface area contributed by atoms with Gasteiger partial charge in [0.2, 0.25) is 0 Å². The van der Waals surface area contributed by atoms with E-state index < -0.39 is 11.7 Å². The maximum absolute atomic E-state index is 13.4. The average Bonchev–Trinajstić information content (AvgIpc) is 2.82. The van der Waals surface area contributed by atoms with Crippen molar-refractivity contribution < 1.29 is 27.4 Å². The summed E-state index contributed by atoms with van der Waals surface area (Å²) in [6, 6.07) is 19.9.